The van der Waals surface area contributed by atoms with Crippen molar-refractivity contribution in [3.63, 3.8) is 0 Å². The van der Waals surface area contributed by atoms with Crippen LogP contribution in [0.4, 0.5) is 5.69 Å². The van der Waals surface area contributed by atoms with Crippen molar-refractivity contribution >= 4 is 23.2 Å². The summed E-state index contributed by atoms with van der Waals surface area (Å²) >= 11 is 5.96. The highest BCUT2D eigenvalue weighted by molar-refractivity contribution is 6.30. The van der Waals surface area contributed by atoms with E-state index in [9.17, 15) is 4.79 Å². The van der Waals surface area contributed by atoms with Crippen LogP contribution in [0.25, 0.3) is 0 Å². The van der Waals surface area contributed by atoms with Crippen LogP contribution >= 0.6 is 11.6 Å². The average molecular weight is 343 g/mol. The molecule has 2 aromatic carbocycles. The van der Waals surface area contributed by atoms with E-state index >= 15 is 0 Å². The summed E-state index contributed by atoms with van der Waals surface area (Å²) in [5.41, 5.74) is 2.03. The van der Waals surface area contributed by atoms with E-state index in [0.29, 0.717) is 23.9 Å². The van der Waals surface area contributed by atoms with Gasteiger partial charge in [0.15, 0.2) is 0 Å². The maximum Gasteiger partial charge on any atom is 0.227 e. The minimum atomic E-state index is 0.183. The average Bonchev–Trinajstić information content (AvgIpc) is 3.13. The summed E-state index contributed by atoms with van der Waals surface area (Å²) in [6.07, 6.45) is 2.72. The normalized spacial score (nSPS) is 17.0. The topological polar surface area (TPSA) is 32.3 Å². The fourth-order valence-corrected chi connectivity index (χ4v) is 3.25. The molecule has 3 nitrogen and oxygen atoms in total. The van der Waals surface area contributed by atoms with Crippen molar-refractivity contribution in [2.75, 3.05) is 18.0 Å². The highest BCUT2D eigenvalue weighted by atomic mass is 35.5. The van der Waals surface area contributed by atoms with Gasteiger partial charge in [0.05, 0.1) is 6.54 Å². The summed E-state index contributed by atoms with van der Waals surface area (Å²) in [6, 6.07) is 17.6. The third-order valence-corrected chi connectivity index (χ3v) is 4.80. The van der Waals surface area contributed by atoms with Gasteiger partial charge in [-0.2, -0.15) is 0 Å². The van der Waals surface area contributed by atoms with Gasteiger partial charge in [0.2, 0.25) is 5.91 Å². The molecule has 3 rings (SSSR count). The van der Waals surface area contributed by atoms with Crippen LogP contribution in [0.2, 0.25) is 5.02 Å². The molecule has 2 aromatic rings. The van der Waals surface area contributed by atoms with Crippen LogP contribution in [0.15, 0.2) is 54.6 Å². The monoisotopic (exact) mass is 342 g/mol. The van der Waals surface area contributed by atoms with Crippen LogP contribution in [-0.4, -0.2) is 19.0 Å². The highest BCUT2D eigenvalue weighted by Crippen LogP contribution is 2.22. The van der Waals surface area contributed by atoms with Gasteiger partial charge in [-0.25, -0.2) is 0 Å². The van der Waals surface area contributed by atoms with Crippen LogP contribution < -0.4 is 10.2 Å². The Balaban J connectivity index is 1.71. The van der Waals surface area contributed by atoms with Gasteiger partial charge in [-0.15, -0.1) is 0 Å². The lowest BCUT2D eigenvalue weighted by atomic mass is 10.0. The first-order valence-corrected chi connectivity index (χ1v) is 8.91. The van der Waals surface area contributed by atoms with Crippen LogP contribution in [0.3, 0.4) is 0 Å². The molecule has 0 saturated carbocycles. The molecule has 0 spiro atoms. The zero-order valence-corrected chi connectivity index (χ0v) is 14.5. The third kappa shape index (κ3) is 4.59. The molecular formula is C20H23ClN2O. The summed E-state index contributed by atoms with van der Waals surface area (Å²) < 4.78 is 0. The molecule has 1 N–H and O–H groups in total. The van der Waals surface area contributed by atoms with Crippen molar-refractivity contribution in [3.8, 4) is 0 Å². The molecule has 1 aliphatic rings. The van der Waals surface area contributed by atoms with Gasteiger partial charge in [0.25, 0.3) is 0 Å². The number of halogens is 1. The molecule has 126 valence electrons. The SMILES string of the molecule is O=C(CCC1CCNC1)N(Cc1ccc(Cl)cc1)c1ccccc1. The number of anilines is 1. The second-order valence-corrected chi connectivity index (χ2v) is 6.78. The fourth-order valence-electron chi connectivity index (χ4n) is 3.13. The minimum Gasteiger partial charge on any atom is -0.316 e. The van der Waals surface area contributed by atoms with Gasteiger partial charge in [0, 0.05) is 17.1 Å². The second kappa shape index (κ2) is 8.32. The molecule has 1 heterocycles. The molecule has 1 fully saturated rings. The Morgan fingerprint density at radius 3 is 2.54 bits per heavy atom. The number of hydrogen-bond acceptors (Lipinski definition) is 2. The first kappa shape index (κ1) is 17.0. The van der Waals surface area contributed by atoms with E-state index in [0.717, 1.165) is 30.8 Å². The van der Waals surface area contributed by atoms with Gasteiger partial charge >= 0.3 is 0 Å². The zero-order chi connectivity index (χ0) is 16.8. The van der Waals surface area contributed by atoms with Crippen LogP contribution in [0.5, 0.6) is 0 Å². The first-order chi connectivity index (χ1) is 11.7. The molecule has 1 amide bonds. The van der Waals surface area contributed by atoms with E-state index in [2.05, 4.69) is 5.32 Å². The Hall–Kier alpha value is -1.84. The number of nitrogens with zero attached hydrogens (tertiary/aromatic N) is 1. The second-order valence-electron chi connectivity index (χ2n) is 6.34. The molecule has 0 radical (unpaired) electrons. The quantitative estimate of drug-likeness (QED) is 0.850. The molecular weight excluding hydrogens is 320 g/mol. The predicted octanol–water partition coefficient (Wildman–Crippen LogP) is 4.26. The number of nitrogens with one attached hydrogen (secondary N) is 1. The summed E-state index contributed by atoms with van der Waals surface area (Å²) in [5, 5.41) is 4.08. The molecule has 1 unspecified atom stereocenters. The maximum absolute atomic E-state index is 12.9. The van der Waals surface area contributed by atoms with Crippen molar-refractivity contribution < 1.29 is 4.79 Å². The third-order valence-electron chi connectivity index (χ3n) is 4.55. The first-order valence-electron chi connectivity index (χ1n) is 8.53. The Kier molecular flexibility index (Phi) is 5.89. The van der Waals surface area contributed by atoms with Gasteiger partial charge in [-0.05, 0) is 61.7 Å². The Morgan fingerprint density at radius 1 is 1.12 bits per heavy atom. The number of carbonyl (C=O) groups excluding carboxylic acids is 1. The van der Waals surface area contributed by atoms with E-state index < -0.39 is 0 Å². The van der Waals surface area contributed by atoms with E-state index in [4.69, 9.17) is 11.6 Å². The number of amides is 1. The number of benzene rings is 2. The van der Waals surface area contributed by atoms with Crippen molar-refractivity contribution in [2.24, 2.45) is 5.92 Å². The summed E-state index contributed by atoms with van der Waals surface area (Å²) in [5.74, 6) is 0.810. The summed E-state index contributed by atoms with van der Waals surface area (Å²) in [4.78, 5) is 14.7. The van der Waals surface area contributed by atoms with Crippen molar-refractivity contribution in [1.29, 1.82) is 0 Å². The van der Waals surface area contributed by atoms with Crippen LogP contribution in [0.1, 0.15) is 24.8 Å². The van der Waals surface area contributed by atoms with E-state index in [1.54, 1.807) is 0 Å². The summed E-state index contributed by atoms with van der Waals surface area (Å²) in [6.45, 7) is 2.69. The highest BCUT2D eigenvalue weighted by Gasteiger charge is 2.20. The lowest BCUT2D eigenvalue weighted by molar-refractivity contribution is -0.119. The molecule has 24 heavy (non-hydrogen) atoms. The van der Waals surface area contributed by atoms with Gasteiger partial charge < -0.3 is 10.2 Å². The van der Waals surface area contributed by atoms with Crippen molar-refractivity contribution in [1.82, 2.24) is 5.32 Å². The van der Waals surface area contributed by atoms with Crippen LogP contribution in [0, 0.1) is 5.92 Å². The standard InChI is InChI=1S/C20H23ClN2O/c21-18-9-6-17(7-10-18)15-23(19-4-2-1-3-5-19)20(24)11-8-16-12-13-22-14-16/h1-7,9-10,16,22H,8,11-15H2. The minimum absolute atomic E-state index is 0.183. The number of hydrogen-bond donors (Lipinski definition) is 1. The van der Waals surface area contributed by atoms with E-state index in [1.165, 1.54) is 6.42 Å². The molecule has 1 saturated heterocycles. The molecule has 0 aromatic heterocycles. The lowest BCUT2D eigenvalue weighted by Gasteiger charge is -2.24. The number of para-hydroxylation sites is 1. The molecule has 1 atom stereocenters. The number of rotatable bonds is 6. The van der Waals surface area contributed by atoms with E-state index in [1.807, 2.05) is 59.5 Å². The largest absolute Gasteiger partial charge is 0.316 e. The van der Waals surface area contributed by atoms with Gasteiger partial charge in [0.1, 0.15) is 0 Å². The maximum atomic E-state index is 12.9. The summed E-state index contributed by atoms with van der Waals surface area (Å²) in [7, 11) is 0. The Labute approximate surface area is 148 Å². The molecule has 0 aliphatic carbocycles. The molecule has 4 heteroatoms. The van der Waals surface area contributed by atoms with Crippen LogP contribution in [-0.2, 0) is 11.3 Å². The van der Waals surface area contributed by atoms with Gasteiger partial charge in [-0.1, -0.05) is 41.9 Å². The van der Waals surface area contributed by atoms with Crippen molar-refractivity contribution in [2.45, 2.75) is 25.8 Å². The predicted molar refractivity (Wildman–Crippen MR) is 99.3 cm³/mol. The Bertz CT molecular complexity index is 651. The zero-order valence-electron chi connectivity index (χ0n) is 13.7. The molecule has 1 aliphatic heterocycles. The lowest BCUT2D eigenvalue weighted by Crippen LogP contribution is -2.30. The number of carbonyl (C=O) groups is 1. The Morgan fingerprint density at radius 2 is 1.88 bits per heavy atom. The van der Waals surface area contributed by atoms with E-state index in [-0.39, 0.29) is 5.91 Å². The van der Waals surface area contributed by atoms with Gasteiger partial charge in [-0.3, -0.25) is 4.79 Å². The fraction of sp³-hybridized carbons (Fsp3) is 0.350. The molecule has 0 bridgehead atoms. The smallest absolute Gasteiger partial charge is 0.227 e. The van der Waals surface area contributed by atoms with Crippen molar-refractivity contribution in [3.05, 3.63) is 65.2 Å².